The monoisotopic (exact) mass is 298 g/mol. The summed E-state index contributed by atoms with van der Waals surface area (Å²) in [6.07, 6.45) is 1.07. The fraction of sp³-hybridized carbons (Fsp3) is 0.625. The lowest BCUT2D eigenvalue weighted by atomic mass is 9.99. The largest absolute Gasteiger partial charge is 0.383 e. The third-order valence-corrected chi connectivity index (χ3v) is 4.26. The van der Waals surface area contributed by atoms with Crippen LogP contribution in [0.25, 0.3) is 0 Å². The van der Waals surface area contributed by atoms with E-state index in [2.05, 4.69) is 50.2 Å². The van der Waals surface area contributed by atoms with Crippen molar-refractivity contribution >= 4 is 17.3 Å². The molecular formula is C16H27ClN2O. The summed E-state index contributed by atoms with van der Waals surface area (Å²) in [4.78, 5) is 2.25. The van der Waals surface area contributed by atoms with Crippen LogP contribution in [0.2, 0.25) is 5.02 Å². The Bertz CT molecular complexity index is 421. The number of hydrogen-bond donors (Lipinski definition) is 1. The number of benzene rings is 1. The fourth-order valence-corrected chi connectivity index (χ4v) is 2.23. The van der Waals surface area contributed by atoms with Crippen LogP contribution in [0.4, 0.5) is 5.69 Å². The second-order valence-corrected chi connectivity index (χ2v) is 6.09. The molecule has 0 bridgehead atoms. The summed E-state index contributed by atoms with van der Waals surface area (Å²) in [5, 5.41) is 4.13. The third-order valence-electron chi connectivity index (χ3n) is 3.96. The van der Waals surface area contributed by atoms with Crippen LogP contribution in [-0.2, 0) is 11.3 Å². The quantitative estimate of drug-likeness (QED) is 0.741. The lowest BCUT2D eigenvalue weighted by Gasteiger charge is -2.37. The van der Waals surface area contributed by atoms with Crippen molar-refractivity contribution in [3.05, 3.63) is 28.8 Å². The summed E-state index contributed by atoms with van der Waals surface area (Å²) in [5.41, 5.74) is 2.37. The average Bonchev–Trinajstić information content (AvgIpc) is 2.43. The van der Waals surface area contributed by atoms with Crippen LogP contribution in [0, 0.1) is 0 Å². The molecule has 0 unspecified atom stereocenters. The van der Waals surface area contributed by atoms with Crippen LogP contribution in [0.3, 0.4) is 0 Å². The normalized spacial score (nSPS) is 11.7. The van der Waals surface area contributed by atoms with Gasteiger partial charge in [-0.15, -0.1) is 0 Å². The summed E-state index contributed by atoms with van der Waals surface area (Å²) < 4.78 is 5.01. The zero-order valence-corrected chi connectivity index (χ0v) is 14.0. The molecule has 1 aromatic carbocycles. The Labute approximate surface area is 128 Å². The second kappa shape index (κ2) is 7.87. The van der Waals surface area contributed by atoms with E-state index in [1.807, 2.05) is 6.07 Å². The molecule has 0 heterocycles. The maximum absolute atomic E-state index is 6.43. The van der Waals surface area contributed by atoms with Gasteiger partial charge in [0.05, 0.1) is 17.3 Å². The number of nitrogens with one attached hydrogen (secondary N) is 1. The number of methoxy groups -OCH3 is 1. The van der Waals surface area contributed by atoms with Gasteiger partial charge in [-0.3, -0.25) is 0 Å². The van der Waals surface area contributed by atoms with Crippen LogP contribution in [0.1, 0.15) is 32.8 Å². The topological polar surface area (TPSA) is 24.5 Å². The summed E-state index contributed by atoms with van der Waals surface area (Å²) in [5.74, 6) is 0. The molecule has 0 aliphatic carbocycles. The van der Waals surface area contributed by atoms with Gasteiger partial charge in [-0.05, 0) is 38.0 Å². The Balaban J connectivity index is 2.73. The molecule has 1 N–H and O–H groups in total. The van der Waals surface area contributed by atoms with Gasteiger partial charge in [-0.25, -0.2) is 0 Å². The molecule has 0 radical (unpaired) electrons. The predicted molar refractivity (Wildman–Crippen MR) is 87.8 cm³/mol. The lowest BCUT2D eigenvalue weighted by molar-refractivity contribution is 0.199. The molecule has 20 heavy (non-hydrogen) atoms. The van der Waals surface area contributed by atoms with Crippen molar-refractivity contribution in [3.63, 3.8) is 0 Å². The molecule has 0 amide bonds. The Kier molecular flexibility index (Phi) is 6.80. The first kappa shape index (κ1) is 17.3. The van der Waals surface area contributed by atoms with E-state index >= 15 is 0 Å². The zero-order chi connectivity index (χ0) is 15.2. The van der Waals surface area contributed by atoms with E-state index in [0.717, 1.165) is 36.8 Å². The first-order valence-corrected chi connectivity index (χ1v) is 7.52. The van der Waals surface area contributed by atoms with Crippen molar-refractivity contribution < 1.29 is 4.74 Å². The standard InChI is InChI=1S/C16H27ClN2O/c1-6-16(2,3)19(4)15-8-7-13(11-14(15)17)12-18-9-10-20-5/h7-8,11,18H,6,9-10,12H2,1-5H3. The highest BCUT2D eigenvalue weighted by molar-refractivity contribution is 6.33. The number of anilines is 1. The molecule has 0 aliphatic heterocycles. The highest BCUT2D eigenvalue weighted by atomic mass is 35.5. The molecule has 114 valence electrons. The van der Waals surface area contributed by atoms with Crippen molar-refractivity contribution in [2.45, 2.75) is 39.3 Å². The molecule has 1 aromatic rings. The van der Waals surface area contributed by atoms with Gasteiger partial charge in [0.15, 0.2) is 0 Å². The van der Waals surface area contributed by atoms with Gasteiger partial charge < -0.3 is 15.0 Å². The van der Waals surface area contributed by atoms with Crippen molar-refractivity contribution in [3.8, 4) is 0 Å². The Morgan fingerprint density at radius 1 is 1.35 bits per heavy atom. The van der Waals surface area contributed by atoms with Crippen LogP contribution in [-0.4, -0.2) is 32.8 Å². The molecule has 0 spiro atoms. The van der Waals surface area contributed by atoms with Gasteiger partial charge in [0, 0.05) is 32.8 Å². The van der Waals surface area contributed by atoms with Gasteiger partial charge in [0.1, 0.15) is 0 Å². The van der Waals surface area contributed by atoms with Crippen molar-refractivity contribution in [1.82, 2.24) is 5.32 Å². The van der Waals surface area contributed by atoms with E-state index in [1.165, 1.54) is 5.56 Å². The van der Waals surface area contributed by atoms with E-state index in [1.54, 1.807) is 7.11 Å². The molecule has 0 aromatic heterocycles. The highest BCUT2D eigenvalue weighted by Crippen LogP contribution is 2.31. The minimum atomic E-state index is 0.0991. The molecule has 0 atom stereocenters. The number of nitrogens with zero attached hydrogens (tertiary/aromatic N) is 1. The summed E-state index contributed by atoms with van der Waals surface area (Å²) in [6.45, 7) is 9.02. The van der Waals surface area contributed by atoms with Crippen molar-refractivity contribution in [1.29, 1.82) is 0 Å². The average molecular weight is 299 g/mol. The fourth-order valence-electron chi connectivity index (χ4n) is 1.90. The molecule has 3 nitrogen and oxygen atoms in total. The van der Waals surface area contributed by atoms with Crippen LogP contribution < -0.4 is 10.2 Å². The lowest BCUT2D eigenvalue weighted by Crippen LogP contribution is -2.40. The molecule has 0 fully saturated rings. The third kappa shape index (κ3) is 4.65. The Morgan fingerprint density at radius 2 is 2.05 bits per heavy atom. The number of halogens is 1. The van der Waals surface area contributed by atoms with Crippen molar-refractivity contribution in [2.75, 3.05) is 32.2 Å². The first-order valence-electron chi connectivity index (χ1n) is 7.14. The van der Waals surface area contributed by atoms with Crippen LogP contribution >= 0.6 is 11.6 Å². The Hall–Kier alpha value is -0.770. The minimum Gasteiger partial charge on any atom is -0.383 e. The predicted octanol–water partition coefficient (Wildman–Crippen LogP) is 3.70. The van der Waals surface area contributed by atoms with Crippen molar-refractivity contribution in [2.24, 2.45) is 0 Å². The van der Waals surface area contributed by atoms with Gasteiger partial charge in [0.2, 0.25) is 0 Å². The van der Waals surface area contributed by atoms with Crippen LogP contribution in [0.5, 0.6) is 0 Å². The van der Waals surface area contributed by atoms with Gasteiger partial charge in [-0.2, -0.15) is 0 Å². The molecule has 0 saturated carbocycles. The van der Waals surface area contributed by atoms with E-state index in [9.17, 15) is 0 Å². The van der Waals surface area contributed by atoms with Gasteiger partial charge in [-0.1, -0.05) is 24.6 Å². The summed E-state index contributed by atoms with van der Waals surface area (Å²) >= 11 is 6.43. The smallest absolute Gasteiger partial charge is 0.0642 e. The zero-order valence-electron chi connectivity index (χ0n) is 13.3. The van der Waals surface area contributed by atoms with E-state index in [4.69, 9.17) is 16.3 Å². The second-order valence-electron chi connectivity index (χ2n) is 5.68. The highest BCUT2D eigenvalue weighted by Gasteiger charge is 2.23. The number of rotatable bonds is 8. The van der Waals surface area contributed by atoms with E-state index in [-0.39, 0.29) is 5.54 Å². The first-order chi connectivity index (χ1) is 9.42. The Morgan fingerprint density at radius 3 is 2.60 bits per heavy atom. The van der Waals surface area contributed by atoms with E-state index < -0.39 is 0 Å². The van der Waals surface area contributed by atoms with Gasteiger partial charge >= 0.3 is 0 Å². The summed E-state index contributed by atoms with van der Waals surface area (Å²) in [6, 6.07) is 6.27. The molecule has 0 aliphatic rings. The summed E-state index contributed by atoms with van der Waals surface area (Å²) in [7, 11) is 3.81. The maximum Gasteiger partial charge on any atom is 0.0642 e. The number of ether oxygens (including phenoxy) is 1. The molecule has 1 rings (SSSR count). The molecular weight excluding hydrogens is 272 g/mol. The SMILES string of the molecule is CCC(C)(C)N(C)c1ccc(CNCCOC)cc1Cl. The van der Waals surface area contributed by atoms with Crippen LogP contribution in [0.15, 0.2) is 18.2 Å². The maximum atomic E-state index is 6.43. The van der Waals surface area contributed by atoms with E-state index in [0.29, 0.717) is 0 Å². The molecule has 0 saturated heterocycles. The minimum absolute atomic E-state index is 0.0991. The number of hydrogen-bond acceptors (Lipinski definition) is 3. The van der Waals surface area contributed by atoms with Gasteiger partial charge in [0.25, 0.3) is 0 Å². The molecule has 4 heteroatoms.